The van der Waals surface area contributed by atoms with E-state index in [9.17, 15) is 29.7 Å². The van der Waals surface area contributed by atoms with Gasteiger partial charge in [-0.2, -0.15) is 0 Å². The van der Waals surface area contributed by atoms with Gasteiger partial charge in [-0.05, 0) is 79.9 Å². The van der Waals surface area contributed by atoms with Gasteiger partial charge in [-0.3, -0.25) is 14.4 Å². The summed E-state index contributed by atoms with van der Waals surface area (Å²) in [5.41, 5.74) is -5.44. The van der Waals surface area contributed by atoms with Crippen LogP contribution in [0.3, 0.4) is 0 Å². The summed E-state index contributed by atoms with van der Waals surface area (Å²) >= 11 is 0. The van der Waals surface area contributed by atoms with Crippen molar-refractivity contribution < 1.29 is 141 Å². The SMILES string of the molecule is CC[Si](CC)(CC)OC1CC2OCC2(O)C2C(OC(=O)c3ccccc3)C3(O)CC(OC(=O)[C@H](C)C(NC(=O)c4ccccc4)c4ccccc4)C(C)=C(C(O)C(=O)[C@]12C)C3(C)C.[Ac].[Ac]. The Hall–Kier alpha value is -1.62. The van der Waals surface area contributed by atoms with Crippen LogP contribution in [0.4, 0.5) is 0 Å². The molecule has 3 aromatic carbocycles. The van der Waals surface area contributed by atoms with Crippen molar-refractivity contribution in [3.8, 4) is 0 Å². The first-order chi connectivity index (χ1) is 29.8. The normalized spacial score (nSPS) is 31.1. The summed E-state index contributed by atoms with van der Waals surface area (Å²) in [6.45, 7) is 14.3. The van der Waals surface area contributed by atoms with E-state index in [-0.39, 0.29) is 119 Å². The number of amides is 1. The van der Waals surface area contributed by atoms with Crippen LogP contribution in [0.5, 0.6) is 0 Å². The number of ketones is 1. The van der Waals surface area contributed by atoms with Gasteiger partial charge in [-0.1, -0.05) is 101 Å². The van der Waals surface area contributed by atoms with E-state index in [1.54, 1.807) is 120 Å². The Morgan fingerprint density at radius 3 is 1.91 bits per heavy atom. The number of aliphatic hydroxyl groups excluding tert-OH is 1. The van der Waals surface area contributed by atoms with Gasteiger partial charge in [0.15, 0.2) is 14.1 Å². The van der Waals surface area contributed by atoms with Crippen LogP contribution < -0.4 is 5.32 Å². The first kappa shape index (κ1) is 54.3. The van der Waals surface area contributed by atoms with Crippen molar-refractivity contribution in [1.82, 2.24) is 5.32 Å². The maximum absolute atomic E-state index is 15.6. The molecule has 0 aromatic heterocycles. The van der Waals surface area contributed by atoms with Gasteiger partial charge in [0.1, 0.15) is 29.5 Å². The van der Waals surface area contributed by atoms with Crippen molar-refractivity contribution in [2.45, 2.75) is 134 Å². The molecule has 9 unspecified atom stereocenters. The van der Waals surface area contributed by atoms with Crippen molar-refractivity contribution in [1.29, 1.82) is 0 Å². The van der Waals surface area contributed by atoms with Crippen LogP contribution in [-0.2, 0) is 28.2 Å². The third-order valence-electron chi connectivity index (χ3n) is 15.5. The molecule has 7 rings (SSSR count). The smallest absolute Gasteiger partial charge is 0.338 e. The van der Waals surface area contributed by atoms with Gasteiger partial charge in [0, 0.05) is 118 Å². The summed E-state index contributed by atoms with van der Waals surface area (Å²) in [5, 5.41) is 42.3. The van der Waals surface area contributed by atoms with E-state index >= 15 is 4.79 Å². The predicted molar refractivity (Wildman–Crippen MR) is 238 cm³/mol. The van der Waals surface area contributed by atoms with E-state index in [1.165, 1.54) is 0 Å². The Morgan fingerprint density at radius 1 is 0.846 bits per heavy atom. The zero-order valence-electron chi connectivity index (χ0n) is 38.8. The number of hydrogen-bond acceptors (Lipinski definition) is 11. The molecule has 2 saturated carbocycles. The topological polar surface area (TPSA) is 178 Å². The molecule has 65 heavy (non-hydrogen) atoms. The minimum absolute atomic E-state index is 0. The van der Waals surface area contributed by atoms with E-state index < -0.39 is 102 Å². The Morgan fingerprint density at radius 2 is 1.38 bits per heavy atom. The summed E-state index contributed by atoms with van der Waals surface area (Å²) in [6.07, 6.45) is -6.57. The van der Waals surface area contributed by atoms with Gasteiger partial charge in [0.2, 0.25) is 0 Å². The zero-order chi connectivity index (χ0) is 45.7. The van der Waals surface area contributed by atoms with Crippen LogP contribution in [0.15, 0.2) is 102 Å². The van der Waals surface area contributed by atoms with Crippen LogP contribution in [0.1, 0.15) is 101 Å². The number of esters is 2. The second-order valence-electron chi connectivity index (χ2n) is 18.9. The molecule has 2 bridgehead atoms. The fraction of sp³-hybridized carbons (Fsp3) is 0.520. The first-order valence-corrected chi connectivity index (χ1v) is 24.9. The molecule has 1 saturated heterocycles. The monoisotopic (exact) mass is 1340 g/mol. The number of hydrogen-bond donors (Lipinski definition) is 4. The number of aliphatic hydroxyl groups is 3. The maximum Gasteiger partial charge on any atom is 0.338 e. The molecule has 344 valence electrons. The standard InChI is InChI=1S/C50H63NO11Si.2Ac/c1-9-63(10-2,11-3)62-36-27-37-49(57,29-59-37)41-43(61-46(56)34-25-19-14-20-26-34)50(58)28-35(30(4)38(47(50,6)7)40(52)42(53)48(36,41)8)60-45(55)31(5)39(32-21-15-12-16-22-32)51-44(54)33-23-17-13-18-24-33;;/h12-26,31,35-37,39-41,43,52,57-58H,9-11,27-29H2,1-8H3,(H,51,54);;/t31-,35?,36?,37?,39?,40?,41?,43?,48-,49?,50?;;/m1../s1. The number of Topliss-reactive ketones (excluding diaryl/α,β-unsaturated/α-hetero) is 1. The molecule has 15 heteroatoms. The number of rotatable bonds is 13. The second kappa shape index (κ2) is 21.2. The number of fused-ring (bicyclic) bond motifs is 5. The van der Waals surface area contributed by atoms with Gasteiger partial charge in [-0.25, -0.2) is 4.79 Å². The molecular formula is C50H63Ac2NO11Si. The molecule has 4 N–H and O–H groups in total. The Bertz CT molecular complexity index is 2220. The molecule has 3 aromatic rings. The number of carbonyl (C=O) groups excluding carboxylic acids is 4. The molecule has 0 spiro atoms. The molecule has 1 amide bonds. The van der Waals surface area contributed by atoms with E-state index in [0.29, 0.717) is 16.7 Å². The van der Waals surface area contributed by atoms with Crippen molar-refractivity contribution in [2.24, 2.45) is 22.7 Å². The van der Waals surface area contributed by atoms with E-state index in [2.05, 4.69) is 26.1 Å². The van der Waals surface area contributed by atoms with Gasteiger partial charge in [0.05, 0.1) is 41.8 Å². The van der Waals surface area contributed by atoms with Crippen LogP contribution >= 0.6 is 0 Å². The molecule has 3 fully saturated rings. The van der Waals surface area contributed by atoms with Crippen LogP contribution in [-0.4, -0.2) is 95.6 Å². The van der Waals surface area contributed by atoms with Crippen molar-refractivity contribution in [3.05, 3.63) is 119 Å². The summed E-state index contributed by atoms with van der Waals surface area (Å²) in [5.74, 6) is -4.88. The molecule has 3 aliphatic carbocycles. The maximum atomic E-state index is 15.6. The molecule has 4 aliphatic rings. The minimum Gasteiger partial charge on any atom is -0.457 e. The van der Waals surface area contributed by atoms with Crippen LogP contribution in [0, 0.1) is 111 Å². The molecule has 11 atom stereocenters. The number of nitrogens with one attached hydrogen (secondary N) is 1. The van der Waals surface area contributed by atoms with Crippen LogP contribution in [0.25, 0.3) is 0 Å². The Balaban J connectivity index is 0.00000397. The molecule has 1 aliphatic heterocycles. The Labute approximate surface area is 455 Å². The largest absolute Gasteiger partial charge is 0.457 e. The summed E-state index contributed by atoms with van der Waals surface area (Å²) in [7, 11) is -2.50. The van der Waals surface area contributed by atoms with Crippen LogP contribution in [0.2, 0.25) is 18.1 Å². The van der Waals surface area contributed by atoms with Crippen molar-refractivity contribution in [3.63, 3.8) is 0 Å². The number of benzene rings is 3. The summed E-state index contributed by atoms with van der Waals surface area (Å²) in [4.78, 5) is 58.1. The zero-order valence-corrected chi connectivity index (χ0v) is 49.3. The van der Waals surface area contributed by atoms with Gasteiger partial charge in [0.25, 0.3) is 5.91 Å². The fourth-order valence-electron chi connectivity index (χ4n) is 11.2. The van der Waals surface area contributed by atoms with Crippen molar-refractivity contribution >= 4 is 31.9 Å². The molecule has 2 radical (unpaired) electrons. The summed E-state index contributed by atoms with van der Waals surface area (Å²) < 4.78 is 26.2. The van der Waals surface area contributed by atoms with Gasteiger partial charge in [-0.15, -0.1) is 0 Å². The van der Waals surface area contributed by atoms with E-state index in [0.717, 1.165) is 18.1 Å². The average molecular weight is 1340 g/mol. The first-order valence-electron chi connectivity index (χ1n) is 22.4. The van der Waals surface area contributed by atoms with Crippen molar-refractivity contribution in [2.75, 3.05) is 6.61 Å². The quantitative estimate of drug-likeness (QED) is 0.0796. The third-order valence-corrected chi connectivity index (χ3v) is 20.2. The third kappa shape index (κ3) is 9.54. The Kier molecular flexibility index (Phi) is 17.7. The molecular weight excluding hydrogens is 1270 g/mol. The van der Waals surface area contributed by atoms with E-state index in [4.69, 9.17) is 18.6 Å². The van der Waals surface area contributed by atoms with Gasteiger partial charge < -0.3 is 39.3 Å². The van der Waals surface area contributed by atoms with Gasteiger partial charge >= 0.3 is 11.9 Å². The average Bonchev–Trinajstić information content (AvgIpc) is 3.28. The fourth-order valence-corrected chi connectivity index (χ4v) is 14.1. The summed E-state index contributed by atoms with van der Waals surface area (Å²) in [6, 6.07) is 27.4. The molecule has 1 heterocycles. The molecule has 12 nitrogen and oxygen atoms in total. The predicted octanol–water partition coefficient (Wildman–Crippen LogP) is 6.90. The second-order valence-corrected chi connectivity index (χ2v) is 23.6. The minimum atomic E-state index is -2.50. The van der Waals surface area contributed by atoms with E-state index in [1.807, 2.05) is 6.07 Å². The number of carbonyl (C=O) groups is 4. The number of ether oxygens (including phenoxy) is 3.